The monoisotopic (exact) mass is 212 g/mol. The molecule has 5 heteroatoms. The molecule has 1 rings (SSSR count). The van der Waals surface area contributed by atoms with E-state index < -0.39 is 11.6 Å². The molecule has 0 saturated carbocycles. The second-order valence-electron chi connectivity index (χ2n) is 2.91. The van der Waals surface area contributed by atoms with Gasteiger partial charge < -0.3 is 11.5 Å². The maximum Gasteiger partial charge on any atom is 0.230 e. The third-order valence-electron chi connectivity index (χ3n) is 1.87. The van der Waals surface area contributed by atoms with Crippen molar-refractivity contribution in [1.29, 1.82) is 0 Å². The van der Waals surface area contributed by atoms with Gasteiger partial charge in [0.15, 0.2) is 0 Å². The van der Waals surface area contributed by atoms with Crippen LogP contribution < -0.4 is 16.5 Å². The summed E-state index contributed by atoms with van der Waals surface area (Å²) in [4.78, 5) is 2.73. The number of hydrogen-bond donors (Lipinski definition) is 3. The van der Waals surface area contributed by atoms with Crippen molar-refractivity contribution in [3.05, 3.63) is 47.3 Å². The molecule has 0 spiro atoms. The lowest BCUT2D eigenvalue weighted by Crippen LogP contribution is -2.69. The van der Waals surface area contributed by atoms with E-state index >= 15 is 0 Å². The lowest BCUT2D eigenvalue weighted by atomic mass is 10.1. The molecule has 0 saturated heterocycles. The molecule has 1 aromatic carbocycles. The smallest absolute Gasteiger partial charge is 0.230 e. The number of nitrogens with one attached hydrogen (secondary N) is 1. The van der Waals surface area contributed by atoms with Crippen molar-refractivity contribution in [2.45, 2.75) is 0 Å². The van der Waals surface area contributed by atoms with Gasteiger partial charge in [-0.15, -0.1) is 0 Å². The summed E-state index contributed by atoms with van der Waals surface area (Å²) >= 11 is 0. The molecule has 0 atom stereocenters. The molecular weight excluding hydrogens is 200 g/mol. The molecule has 0 bridgehead atoms. The van der Waals surface area contributed by atoms with Crippen LogP contribution in [0.1, 0.15) is 5.56 Å². The molecule has 0 unspecified atom stereocenters. The van der Waals surface area contributed by atoms with Crippen LogP contribution in [0.5, 0.6) is 0 Å². The quantitative estimate of drug-likeness (QED) is 0.563. The third-order valence-corrected chi connectivity index (χ3v) is 1.87. The molecule has 80 valence electrons. The Balaban J connectivity index is 3.25. The van der Waals surface area contributed by atoms with Crippen molar-refractivity contribution >= 4 is 5.71 Å². The van der Waals surface area contributed by atoms with Gasteiger partial charge in [0.25, 0.3) is 0 Å². The molecule has 0 heterocycles. The predicted molar refractivity (Wildman–Crippen MR) is 53.8 cm³/mol. The highest BCUT2D eigenvalue weighted by Gasteiger charge is 2.14. The van der Waals surface area contributed by atoms with Crippen LogP contribution in [0, 0.1) is 11.6 Å². The van der Waals surface area contributed by atoms with Crippen molar-refractivity contribution in [2.24, 2.45) is 11.5 Å². The van der Waals surface area contributed by atoms with Gasteiger partial charge in [0, 0.05) is 12.3 Å². The average Bonchev–Trinajstić information content (AvgIpc) is 2.17. The summed E-state index contributed by atoms with van der Waals surface area (Å²) in [6, 6.07) is 3.13. The molecule has 0 amide bonds. The van der Waals surface area contributed by atoms with Gasteiger partial charge in [0.05, 0.1) is 5.56 Å². The largest absolute Gasteiger partial charge is 0.403 e. The highest BCUT2D eigenvalue weighted by Crippen LogP contribution is 2.09. The summed E-state index contributed by atoms with van der Waals surface area (Å²) in [6.07, 6.45) is 1.16. The van der Waals surface area contributed by atoms with E-state index in [-0.39, 0.29) is 5.70 Å². The van der Waals surface area contributed by atoms with Gasteiger partial charge in [0.2, 0.25) is 5.71 Å². The van der Waals surface area contributed by atoms with E-state index in [9.17, 15) is 8.78 Å². The molecule has 0 aliphatic heterocycles. The maximum atomic E-state index is 12.9. The summed E-state index contributed by atoms with van der Waals surface area (Å²) in [5.41, 5.74) is 11.7. The highest BCUT2D eigenvalue weighted by molar-refractivity contribution is 6.08. The molecule has 0 radical (unpaired) electrons. The van der Waals surface area contributed by atoms with Crippen LogP contribution in [0.4, 0.5) is 8.78 Å². The van der Waals surface area contributed by atoms with Crippen LogP contribution in [-0.4, -0.2) is 12.8 Å². The van der Waals surface area contributed by atoms with Crippen LogP contribution in [0.25, 0.3) is 0 Å². The van der Waals surface area contributed by atoms with E-state index in [1.54, 1.807) is 7.05 Å². The van der Waals surface area contributed by atoms with Crippen molar-refractivity contribution in [2.75, 3.05) is 7.05 Å². The highest BCUT2D eigenvalue weighted by atomic mass is 19.1. The first-order chi connectivity index (χ1) is 7.08. The van der Waals surface area contributed by atoms with Gasteiger partial charge >= 0.3 is 0 Å². The summed E-state index contributed by atoms with van der Waals surface area (Å²) in [6.45, 7) is 0. The van der Waals surface area contributed by atoms with Crippen LogP contribution in [0.15, 0.2) is 30.1 Å². The van der Waals surface area contributed by atoms with Crippen molar-refractivity contribution in [3.8, 4) is 0 Å². The summed E-state index contributed by atoms with van der Waals surface area (Å²) in [5, 5.41) is 0. The van der Waals surface area contributed by atoms with Crippen LogP contribution in [0.2, 0.25) is 0 Å². The van der Waals surface area contributed by atoms with E-state index in [1.165, 1.54) is 12.1 Å². The fourth-order valence-electron chi connectivity index (χ4n) is 1.24. The summed E-state index contributed by atoms with van der Waals surface area (Å²) in [7, 11) is 1.59. The second-order valence-corrected chi connectivity index (χ2v) is 2.91. The van der Waals surface area contributed by atoms with Gasteiger partial charge in [0.1, 0.15) is 24.4 Å². The average molecular weight is 212 g/mol. The Morgan fingerprint density at radius 1 is 1.27 bits per heavy atom. The summed E-state index contributed by atoms with van der Waals surface area (Å²) in [5.74, 6) is -1.33. The fourth-order valence-corrected chi connectivity index (χ4v) is 1.24. The third kappa shape index (κ3) is 2.52. The van der Waals surface area contributed by atoms with Gasteiger partial charge in [-0.05, 0) is 12.1 Å². The predicted octanol–water partition coefficient (Wildman–Crippen LogP) is -0.777. The number of nitrogens with two attached hydrogens (primary N) is 2. The van der Waals surface area contributed by atoms with Crippen molar-refractivity contribution in [1.82, 2.24) is 0 Å². The zero-order valence-corrected chi connectivity index (χ0v) is 8.22. The minimum Gasteiger partial charge on any atom is -0.403 e. The molecule has 0 aliphatic carbocycles. The zero-order valence-electron chi connectivity index (χ0n) is 8.22. The Kier molecular flexibility index (Phi) is 3.38. The Labute approximate surface area is 86.1 Å². The summed E-state index contributed by atoms with van der Waals surface area (Å²) < 4.78 is 25.8. The lowest BCUT2D eigenvalue weighted by Gasteiger charge is -2.01. The molecular formula is C10H12F2N3+. The Bertz CT molecular complexity index is 404. The first-order valence-corrected chi connectivity index (χ1v) is 4.27. The van der Waals surface area contributed by atoms with Crippen LogP contribution in [-0.2, 0) is 0 Å². The Morgan fingerprint density at radius 3 is 2.20 bits per heavy atom. The zero-order chi connectivity index (χ0) is 11.4. The molecule has 0 aromatic heterocycles. The fraction of sp³-hybridized carbons (Fsp3) is 0.100. The Morgan fingerprint density at radius 2 is 1.80 bits per heavy atom. The van der Waals surface area contributed by atoms with Crippen LogP contribution in [0.3, 0.4) is 0 Å². The first kappa shape index (κ1) is 11.2. The number of benzene rings is 1. The molecule has 0 aliphatic rings. The SMILES string of the molecule is C[NH+]=C(C(N)=CN)c1cc(F)cc(F)c1. The molecule has 0 fully saturated rings. The van der Waals surface area contributed by atoms with Gasteiger partial charge in [-0.1, -0.05) is 0 Å². The molecule has 1 aromatic rings. The minimum atomic E-state index is -0.664. The number of rotatable bonds is 2. The van der Waals surface area contributed by atoms with E-state index in [1.807, 2.05) is 0 Å². The normalized spacial score (nSPS) is 13.0. The van der Waals surface area contributed by atoms with E-state index in [2.05, 4.69) is 4.99 Å². The topological polar surface area (TPSA) is 66.0 Å². The van der Waals surface area contributed by atoms with Crippen molar-refractivity contribution < 1.29 is 13.8 Å². The molecule has 5 N–H and O–H groups in total. The van der Waals surface area contributed by atoms with Crippen LogP contribution >= 0.6 is 0 Å². The van der Waals surface area contributed by atoms with Gasteiger partial charge in [-0.3, -0.25) is 0 Å². The van der Waals surface area contributed by atoms with Gasteiger partial charge in [-0.25, -0.2) is 13.8 Å². The number of allylic oxidation sites excluding steroid dienone is 1. The minimum absolute atomic E-state index is 0.225. The Hall–Kier alpha value is -1.91. The van der Waals surface area contributed by atoms with Crippen molar-refractivity contribution in [3.63, 3.8) is 0 Å². The molecule has 3 nitrogen and oxygen atoms in total. The molecule has 15 heavy (non-hydrogen) atoms. The van der Waals surface area contributed by atoms with E-state index in [4.69, 9.17) is 11.5 Å². The number of halogens is 2. The second kappa shape index (κ2) is 4.54. The van der Waals surface area contributed by atoms with E-state index in [0.29, 0.717) is 11.3 Å². The van der Waals surface area contributed by atoms with E-state index in [0.717, 1.165) is 12.3 Å². The first-order valence-electron chi connectivity index (χ1n) is 4.27. The van der Waals surface area contributed by atoms with Gasteiger partial charge in [-0.2, -0.15) is 0 Å². The standard InChI is InChI=1S/C10H11F2N3/c1-15-10(9(14)5-13)6-2-7(11)4-8(12)3-6/h2-5H,13-14H2,1H3/p+1. The maximum absolute atomic E-state index is 12.9. The lowest BCUT2D eigenvalue weighted by molar-refractivity contribution is -0.418. The number of hydrogen-bond acceptors (Lipinski definition) is 2.